The van der Waals surface area contributed by atoms with E-state index in [0.29, 0.717) is 41.0 Å². The molecule has 1 amide bonds. The van der Waals surface area contributed by atoms with Gasteiger partial charge in [-0.15, -0.1) is 0 Å². The van der Waals surface area contributed by atoms with Crippen LogP contribution in [-0.4, -0.2) is 31.5 Å². The van der Waals surface area contributed by atoms with Gasteiger partial charge in [0.2, 0.25) is 0 Å². The molecule has 0 saturated heterocycles. The van der Waals surface area contributed by atoms with E-state index in [4.69, 9.17) is 25.8 Å². The second-order valence-electron chi connectivity index (χ2n) is 6.10. The largest absolute Gasteiger partial charge is 0.489 e. The minimum atomic E-state index is -0.286. The van der Waals surface area contributed by atoms with E-state index in [9.17, 15) is 9.59 Å². The van der Waals surface area contributed by atoms with Gasteiger partial charge < -0.3 is 19.5 Å². The molecule has 0 bridgehead atoms. The fraction of sp³-hybridized carbons (Fsp3) is 0.300. The molecule has 142 valence electrons. The van der Waals surface area contributed by atoms with Crippen LogP contribution in [0, 0.1) is 0 Å². The van der Waals surface area contributed by atoms with Crippen molar-refractivity contribution in [1.82, 2.24) is 5.32 Å². The van der Waals surface area contributed by atoms with Crippen molar-refractivity contribution in [2.45, 2.75) is 19.9 Å². The summed E-state index contributed by atoms with van der Waals surface area (Å²) in [5, 5.41) is 3.22. The van der Waals surface area contributed by atoms with E-state index < -0.39 is 0 Å². The Balaban J connectivity index is 1.55. The molecular weight excluding hydrogens is 370 g/mol. The Morgan fingerprint density at radius 1 is 1.19 bits per heavy atom. The Kier molecular flexibility index (Phi) is 6.19. The zero-order valence-corrected chi connectivity index (χ0v) is 15.7. The highest BCUT2D eigenvalue weighted by Gasteiger charge is 2.16. The zero-order chi connectivity index (χ0) is 19.2. The summed E-state index contributed by atoms with van der Waals surface area (Å²) in [6.07, 6.45) is 0.791. The van der Waals surface area contributed by atoms with Gasteiger partial charge in [0, 0.05) is 18.5 Å². The summed E-state index contributed by atoms with van der Waals surface area (Å²) in [4.78, 5) is 23.4. The van der Waals surface area contributed by atoms with E-state index in [0.717, 1.165) is 12.0 Å². The van der Waals surface area contributed by atoms with E-state index in [1.165, 1.54) is 6.92 Å². The predicted molar refractivity (Wildman–Crippen MR) is 101 cm³/mol. The van der Waals surface area contributed by atoms with E-state index in [2.05, 4.69) is 5.32 Å². The van der Waals surface area contributed by atoms with Gasteiger partial charge in [0.1, 0.15) is 5.75 Å². The van der Waals surface area contributed by atoms with Gasteiger partial charge in [0.25, 0.3) is 5.91 Å². The second-order valence-corrected chi connectivity index (χ2v) is 6.51. The monoisotopic (exact) mass is 389 g/mol. The lowest BCUT2D eigenvalue weighted by Gasteiger charge is -2.12. The Morgan fingerprint density at radius 2 is 2.00 bits per heavy atom. The third-order valence-corrected chi connectivity index (χ3v) is 4.24. The number of hydrogen-bond acceptors (Lipinski definition) is 5. The summed E-state index contributed by atoms with van der Waals surface area (Å²) >= 11 is 6.25. The second kappa shape index (κ2) is 8.77. The molecule has 1 N–H and O–H groups in total. The van der Waals surface area contributed by atoms with Gasteiger partial charge in [0.15, 0.2) is 23.9 Å². The molecule has 0 spiro atoms. The number of carbonyl (C=O) groups excluding carboxylic acids is 2. The van der Waals surface area contributed by atoms with Crippen LogP contribution in [0.1, 0.15) is 29.3 Å². The first-order valence-electron chi connectivity index (χ1n) is 8.61. The first-order chi connectivity index (χ1) is 13.0. The van der Waals surface area contributed by atoms with Crippen molar-refractivity contribution in [3.63, 3.8) is 0 Å². The van der Waals surface area contributed by atoms with Crippen LogP contribution in [0.5, 0.6) is 17.2 Å². The smallest absolute Gasteiger partial charge is 0.258 e. The highest BCUT2D eigenvalue weighted by molar-refractivity contribution is 6.32. The number of rotatable bonds is 6. The molecule has 0 radical (unpaired) electrons. The molecule has 6 nitrogen and oxygen atoms in total. The molecule has 0 saturated carbocycles. The van der Waals surface area contributed by atoms with Crippen LogP contribution in [0.25, 0.3) is 0 Å². The molecule has 0 unspecified atom stereocenters. The van der Waals surface area contributed by atoms with Gasteiger partial charge in [-0.3, -0.25) is 9.59 Å². The highest BCUT2D eigenvalue weighted by Crippen LogP contribution is 2.37. The van der Waals surface area contributed by atoms with Crippen molar-refractivity contribution >= 4 is 23.3 Å². The van der Waals surface area contributed by atoms with Crippen LogP contribution in [-0.2, 0) is 11.3 Å². The molecule has 2 aromatic rings. The zero-order valence-electron chi connectivity index (χ0n) is 14.9. The van der Waals surface area contributed by atoms with E-state index >= 15 is 0 Å². The molecule has 2 aromatic carbocycles. The maximum absolute atomic E-state index is 12.0. The summed E-state index contributed by atoms with van der Waals surface area (Å²) < 4.78 is 16.7. The molecule has 0 aliphatic carbocycles. The minimum absolute atomic E-state index is 0.0591. The average molecular weight is 390 g/mol. The third-order valence-electron chi connectivity index (χ3n) is 3.96. The van der Waals surface area contributed by atoms with Gasteiger partial charge in [0.05, 0.1) is 18.2 Å². The SMILES string of the molecule is CC(=O)c1cccc(OCC(=O)NCc2cc(Cl)c3c(c2)OCCCO3)c1. The summed E-state index contributed by atoms with van der Waals surface area (Å²) in [7, 11) is 0. The number of benzene rings is 2. The van der Waals surface area contributed by atoms with Gasteiger partial charge in [-0.25, -0.2) is 0 Å². The van der Waals surface area contributed by atoms with Gasteiger partial charge in [-0.1, -0.05) is 23.7 Å². The quantitative estimate of drug-likeness (QED) is 0.766. The first kappa shape index (κ1) is 19.0. The van der Waals surface area contributed by atoms with Crippen LogP contribution in [0.3, 0.4) is 0 Å². The molecular formula is C20H20ClNO5. The summed E-state index contributed by atoms with van der Waals surface area (Å²) in [6.45, 7) is 2.73. The maximum atomic E-state index is 12.0. The number of ketones is 1. The van der Waals surface area contributed by atoms with Crippen molar-refractivity contribution < 1.29 is 23.8 Å². The average Bonchev–Trinajstić information content (AvgIpc) is 2.91. The summed E-state index contributed by atoms with van der Waals surface area (Å²) in [6, 6.07) is 10.3. The van der Waals surface area contributed by atoms with Gasteiger partial charge >= 0.3 is 0 Å². The number of carbonyl (C=O) groups is 2. The Bertz CT molecular complexity index is 852. The Morgan fingerprint density at radius 3 is 2.81 bits per heavy atom. The minimum Gasteiger partial charge on any atom is -0.489 e. The third kappa shape index (κ3) is 5.14. The van der Waals surface area contributed by atoms with Crippen molar-refractivity contribution in [1.29, 1.82) is 0 Å². The molecule has 1 heterocycles. The van der Waals surface area contributed by atoms with E-state index in [1.807, 2.05) is 6.07 Å². The van der Waals surface area contributed by atoms with E-state index in [-0.39, 0.29) is 24.8 Å². The number of hydrogen-bond donors (Lipinski definition) is 1. The summed E-state index contributed by atoms with van der Waals surface area (Å²) in [5.74, 6) is 1.25. The predicted octanol–water partition coefficient (Wildman–Crippen LogP) is 3.40. The van der Waals surface area contributed by atoms with Crippen molar-refractivity contribution in [2.75, 3.05) is 19.8 Å². The Labute approximate surface area is 162 Å². The van der Waals surface area contributed by atoms with Gasteiger partial charge in [-0.2, -0.15) is 0 Å². The summed E-state index contributed by atoms with van der Waals surface area (Å²) in [5.41, 5.74) is 1.34. The highest BCUT2D eigenvalue weighted by atomic mass is 35.5. The number of halogens is 1. The number of Topliss-reactive ketones (excluding diaryl/α,β-unsaturated/α-hetero) is 1. The topological polar surface area (TPSA) is 73.9 Å². The molecule has 27 heavy (non-hydrogen) atoms. The van der Waals surface area contributed by atoms with Gasteiger partial charge in [-0.05, 0) is 36.8 Å². The molecule has 1 aliphatic heterocycles. The standard InChI is InChI=1S/C20H20ClNO5/c1-13(23)15-4-2-5-16(10-15)27-12-19(24)22-11-14-8-17(21)20-18(9-14)25-6-3-7-26-20/h2,4-5,8-10H,3,6-7,11-12H2,1H3,(H,22,24). The lowest BCUT2D eigenvalue weighted by atomic mass is 10.1. The fourth-order valence-corrected chi connectivity index (χ4v) is 2.88. The van der Waals surface area contributed by atoms with Crippen molar-refractivity contribution in [2.24, 2.45) is 0 Å². The van der Waals surface area contributed by atoms with Crippen molar-refractivity contribution in [3.8, 4) is 17.2 Å². The number of fused-ring (bicyclic) bond motifs is 1. The Hall–Kier alpha value is -2.73. The molecule has 0 fully saturated rings. The maximum Gasteiger partial charge on any atom is 0.258 e. The van der Waals surface area contributed by atoms with Crippen LogP contribution in [0.4, 0.5) is 0 Å². The first-order valence-corrected chi connectivity index (χ1v) is 8.99. The number of ether oxygens (including phenoxy) is 3. The molecule has 1 aliphatic rings. The lowest BCUT2D eigenvalue weighted by Crippen LogP contribution is -2.28. The number of nitrogens with one attached hydrogen (secondary N) is 1. The molecule has 7 heteroatoms. The van der Waals surface area contributed by atoms with Crippen LogP contribution < -0.4 is 19.5 Å². The van der Waals surface area contributed by atoms with Crippen LogP contribution >= 0.6 is 11.6 Å². The molecule has 3 rings (SSSR count). The fourth-order valence-electron chi connectivity index (χ4n) is 2.59. The lowest BCUT2D eigenvalue weighted by molar-refractivity contribution is -0.123. The van der Waals surface area contributed by atoms with Crippen LogP contribution in [0.2, 0.25) is 5.02 Å². The molecule has 0 aromatic heterocycles. The van der Waals surface area contributed by atoms with Crippen LogP contribution in [0.15, 0.2) is 36.4 Å². The van der Waals surface area contributed by atoms with E-state index in [1.54, 1.807) is 30.3 Å². The number of amides is 1. The molecule has 0 atom stereocenters. The van der Waals surface area contributed by atoms with Crippen molar-refractivity contribution in [3.05, 3.63) is 52.5 Å². The normalized spacial score (nSPS) is 12.8.